The predicted molar refractivity (Wildman–Crippen MR) is 82.6 cm³/mol. The van der Waals surface area contributed by atoms with Crippen LogP contribution in [0.2, 0.25) is 5.02 Å². The van der Waals surface area contributed by atoms with E-state index in [4.69, 9.17) is 21.6 Å². The molecule has 1 heterocycles. The molecule has 1 aromatic heterocycles. The molecule has 21 heavy (non-hydrogen) atoms. The summed E-state index contributed by atoms with van der Waals surface area (Å²) in [4.78, 5) is 0. The van der Waals surface area contributed by atoms with Crippen molar-refractivity contribution >= 4 is 17.3 Å². The smallest absolute Gasteiger partial charge is 0.143 e. The summed E-state index contributed by atoms with van der Waals surface area (Å²) in [6, 6.07) is 7.35. The second kappa shape index (κ2) is 6.51. The number of benzene rings is 1. The van der Waals surface area contributed by atoms with Crippen LogP contribution in [0.15, 0.2) is 18.2 Å². The Morgan fingerprint density at radius 1 is 1.48 bits per heavy atom. The van der Waals surface area contributed by atoms with E-state index in [2.05, 4.69) is 16.5 Å². The monoisotopic (exact) mass is 304 g/mol. The van der Waals surface area contributed by atoms with E-state index in [1.807, 2.05) is 20.0 Å². The highest BCUT2D eigenvalue weighted by Gasteiger charge is 2.13. The minimum atomic E-state index is 0.532. The van der Waals surface area contributed by atoms with Crippen LogP contribution in [0.5, 0.6) is 5.75 Å². The Hall–Kier alpha value is -2.19. The molecule has 1 aromatic carbocycles. The van der Waals surface area contributed by atoms with Gasteiger partial charge in [-0.25, -0.2) is 0 Å². The number of anilines is 1. The van der Waals surface area contributed by atoms with Crippen LogP contribution in [-0.4, -0.2) is 16.9 Å². The molecule has 0 atom stereocenters. The zero-order chi connectivity index (χ0) is 15.4. The van der Waals surface area contributed by atoms with Crippen molar-refractivity contribution in [1.82, 2.24) is 9.78 Å². The molecule has 0 bridgehead atoms. The SMILES string of the molecule is CCc1nn(C)c(CNc2ccc(C#N)cc2OC)c1Cl. The summed E-state index contributed by atoms with van der Waals surface area (Å²) >= 11 is 6.32. The van der Waals surface area contributed by atoms with Gasteiger partial charge in [-0.2, -0.15) is 10.4 Å². The summed E-state index contributed by atoms with van der Waals surface area (Å²) in [6.45, 7) is 2.56. The maximum atomic E-state index is 8.90. The summed E-state index contributed by atoms with van der Waals surface area (Å²) in [6.07, 6.45) is 0.798. The molecule has 0 unspecified atom stereocenters. The number of hydrogen-bond acceptors (Lipinski definition) is 4. The van der Waals surface area contributed by atoms with Crippen LogP contribution in [0.3, 0.4) is 0 Å². The second-order valence-electron chi connectivity index (χ2n) is 4.56. The number of ether oxygens (including phenoxy) is 1. The molecule has 2 aromatic rings. The van der Waals surface area contributed by atoms with Crippen molar-refractivity contribution in [3.8, 4) is 11.8 Å². The first-order valence-electron chi connectivity index (χ1n) is 6.63. The van der Waals surface area contributed by atoms with Gasteiger partial charge in [0.25, 0.3) is 0 Å². The van der Waals surface area contributed by atoms with Gasteiger partial charge >= 0.3 is 0 Å². The maximum Gasteiger partial charge on any atom is 0.143 e. The predicted octanol–water partition coefficient (Wildman–Crippen LogP) is 3.13. The average molecular weight is 305 g/mol. The van der Waals surface area contributed by atoms with Crippen molar-refractivity contribution in [2.45, 2.75) is 19.9 Å². The van der Waals surface area contributed by atoms with Gasteiger partial charge in [-0.15, -0.1) is 0 Å². The average Bonchev–Trinajstić information content (AvgIpc) is 2.79. The molecule has 0 radical (unpaired) electrons. The molecule has 0 saturated carbocycles. The number of nitrogens with zero attached hydrogens (tertiary/aromatic N) is 3. The van der Waals surface area contributed by atoms with Crippen molar-refractivity contribution in [2.24, 2.45) is 7.05 Å². The van der Waals surface area contributed by atoms with Crippen LogP contribution in [0.4, 0.5) is 5.69 Å². The Balaban J connectivity index is 2.21. The Morgan fingerprint density at radius 3 is 2.81 bits per heavy atom. The molecule has 6 heteroatoms. The van der Waals surface area contributed by atoms with E-state index in [1.165, 1.54) is 0 Å². The summed E-state index contributed by atoms with van der Waals surface area (Å²) in [5, 5.41) is 17.3. The van der Waals surface area contributed by atoms with Gasteiger partial charge in [-0.1, -0.05) is 18.5 Å². The fraction of sp³-hybridized carbons (Fsp3) is 0.333. The maximum absolute atomic E-state index is 8.90. The van der Waals surface area contributed by atoms with Gasteiger partial charge in [0.2, 0.25) is 0 Å². The van der Waals surface area contributed by atoms with Crippen LogP contribution >= 0.6 is 11.6 Å². The summed E-state index contributed by atoms with van der Waals surface area (Å²) in [5.74, 6) is 0.628. The molecule has 0 aliphatic rings. The lowest BCUT2D eigenvalue weighted by atomic mass is 10.2. The van der Waals surface area contributed by atoms with E-state index in [-0.39, 0.29) is 0 Å². The highest BCUT2D eigenvalue weighted by atomic mass is 35.5. The highest BCUT2D eigenvalue weighted by Crippen LogP contribution is 2.27. The number of nitrogens with one attached hydrogen (secondary N) is 1. The van der Waals surface area contributed by atoms with E-state index in [1.54, 1.807) is 23.9 Å². The van der Waals surface area contributed by atoms with Crippen molar-refractivity contribution in [2.75, 3.05) is 12.4 Å². The molecule has 0 saturated heterocycles. The lowest BCUT2D eigenvalue weighted by molar-refractivity contribution is 0.416. The Kier molecular flexibility index (Phi) is 4.71. The van der Waals surface area contributed by atoms with Gasteiger partial charge in [0.05, 0.1) is 47.4 Å². The normalized spacial score (nSPS) is 10.2. The first-order chi connectivity index (χ1) is 10.1. The van der Waals surface area contributed by atoms with Gasteiger partial charge in [-0.05, 0) is 18.6 Å². The molecule has 0 aliphatic heterocycles. The third kappa shape index (κ3) is 3.11. The first kappa shape index (κ1) is 15.2. The van der Waals surface area contributed by atoms with Crippen molar-refractivity contribution in [3.63, 3.8) is 0 Å². The molecule has 2 rings (SSSR count). The highest BCUT2D eigenvalue weighted by molar-refractivity contribution is 6.31. The van der Waals surface area contributed by atoms with E-state index < -0.39 is 0 Å². The number of methoxy groups -OCH3 is 1. The second-order valence-corrected chi connectivity index (χ2v) is 4.94. The molecular formula is C15H17ClN4O. The van der Waals surface area contributed by atoms with Crippen LogP contribution in [0.1, 0.15) is 23.9 Å². The molecule has 1 N–H and O–H groups in total. The lowest BCUT2D eigenvalue weighted by Gasteiger charge is -2.11. The van der Waals surface area contributed by atoms with E-state index in [9.17, 15) is 0 Å². The third-order valence-electron chi connectivity index (χ3n) is 3.28. The van der Waals surface area contributed by atoms with E-state index >= 15 is 0 Å². The molecular weight excluding hydrogens is 288 g/mol. The topological polar surface area (TPSA) is 62.9 Å². The summed E-state index contributed by atoms with van der Waals surface area (Å²) in [7, 11) is 3.45. The number of aryl methyl sites for hydroxylation is 2. The molecule has 0 fully saturated rings. The number of halogens is 1. The Labute approximate surface area is 129 Å². The summed E-state index contributed by atoms with van der Waals surface area (Å²) in [5.41, 5.74) is 3.18. The zero-order valence-corrected chi connectivity index (χ0v) is 13.0. The van der Waals surface area contributed by atoms with E-state index in [0.29, 0.717) is 22.9 Å². The minimum absolute atomic E-state index is 0.532. The van der Waals surface area contributed by atoms with Crippen LogP contribution in [-0.2, 0) is 20.0 Å². The van der Waals surface area contributed by atoms with Gasteiger partial charge in [0.15, 0.2) is 0 Å². The molecule has 110 valence electrons. The first-order valence-corrected chi connectivity index (χ1v) is 7.00. The Bertz CT molecular complexity index is 688. The Morgan fingerprint density at radius 2 is 2.24 bits per heavy atom. The van der Waals surface area contributed by atoms with Crippen molar-refractivity contribution in [1.29, 1.82) is 5.26 Å². The fourth-order valence-corrected chi connectivity index (χ4v) is 2.46. The van der Waals surface area contributed by atoms with E-state index in [0.717, 1.165) is 23.5 Å². The molecule has 0 aliphatic carbocycles. The largest absolute Gasteiger partial charge is 0.495 e. The quantitative estimate of drug-likeness (QED) is 0.922. The fourth-order valence-electron chi connectivity index (χ4n) is 2.10. The molecule has 0 amide bonds. The van der Waals surface area contributed by atoms with Gasteiger partial charge in [-0.3, -0.25) is 4.68 Å². The van der Waals surface area contributed by atoms with Gasteiger partial charge < -0.3 is 10.1 Å². The minimum Gasteiger partial charge on any atom is -0.495 e. The van der Waals surface area contributed by atoms with Crippen molar-refractivity contribution < 1.29 is 4.74 Å². The van der Waals surface area contributed by atoms with Crippen LogP contribution < -0.4 is 10.1 Å². The molecule has 0 spiro atoms. The van der Waals surface area contributed by atoms with Gasteiger partial charge in [0.1, 0.15) is 5.75 Å². The standard InChI is InChI=1S/C15H17ClN4O/c1-4-11-15(16)13(20(2)19-11)9-18-12-6-5-10(8-17)7-14(12)21-3/h5-7,18H,4,9H2,1-3H3. The van der Waals surface area contributed by atoms with Gasteiger partial charge in [0, 0.05) is 13.1 Å². The molecule has 5 nitrogen and oxygen atoms in total. The zero-order valence-electron chi connectivity index (χ0n) is 12.3. The lowest BCUT2D eigenvalue weighted by Crippen LogP contribution is -2.07. The summed E-state index contributed by atoms with van der Waals surface area (Å²) < 4.78 is 7.08. The number of hydrogen-bond donors (Lipinski definition) is 1. The number of rotatable bonds is 5. The third-order valence-corrected chi connectivity index (χ3v) is 3.72. The van der Waals surface area contributed by atoms with Crippen LogP contribution in [0.25, 0.3) is 0 Å². The number of nitriles is 1. The van der Waals surface area contributed by atoms with Crippen LogP contribution in [0, 0.1) is 11.3 Å². The number of aromatic nitrogens is 2. The van der Waals surface area contributed by atoms with Crippen molar-refractivity contribution in [3.05, 3.63) is 40.2 Å².